The van der Waals surface area contributed by atoms with Crippen molar-refractivity contribution in [3.05, 3.63) is 18.2 Å². The molecule has 16 heteroatoms. The van der Waals surface area contributed by atoms with E-state index in [-0.39, 0.29) is 50.5 Å². The highest BCUT2D eigenvalue weighted by Gasteiger charge is 2.31. The molecular formula is C23H39N9O7. The molecule has 1 aromatic rings. The summed E-state index contributed by atoms with van der Waals surface area (Å²) in [5.74, 6) is -4.94. The Bertz CT molecular complexity index is 994. The van der Waals surface area contributed by atoms with Crippen LogP contribution in [0.1, 0.15) is 51.6 Å². The zero-order chi connectivity index (χ0) is 29.5. The van der Waals surface area contributed by atoms with E-state index in [9.17, 15) is 29.1 Å². The molecule has 4 unspecified atom stereocenters. The van der Waals surface area contributed by atoms with E-state index in [0.717, 1.165) is 0 Å². The summed E-state index contributed by atoms with van der Waals surface area (Å²) in [5.41, 5.74) is 17.0. The number of nitrogens with one attached hydrogen (secondary N) is 4. The third kappa shape index (κ3) is 13.2. The number of carbonyl (C=O) groups is 5. The number of hydrogen-bond acceptors (Lipinski definition) is 8. The number of carbonyl (C=O) groups excluding carboxylic acids is 3. The largest absolute Gasteiger partial charge is 0.481 e. The zero-order valence-corrected chi connectivity index (χ0v) is 22.1. The fourth-order valence-corrected chi connectivity index (χ4v) is 3.55. The Morgan fingerprint density at radius 2 is 1.59 bits per heavy atom. The molecule has 0 bridgehead atoms. The van der Waals surface area contributed by atoms with Crippen molar-refractivity contribution in [2.45, 2.75) is 76.5 Å². The summed E-state index contributed by atoms with van der Waals surface area (Å²) in [6.07, 6.45) is 2.76. The van der Waals surface area contributed by atoms with Gasteiger partial charge in [0.2, 0.25) is 17.7 Å². The SMILES string of the molecule is CC(C)CC(NC(=O)C(CCC(=O)O)NC(=O)C(N)Cc1cnc[nH]1)C(=O)NC(CCCN=C(N)N)C(=O)O. The van der Waals surface area contributed by atoms with Crippen LogP contribution in [0, 0.1) is 5.92 Å². The highest BCUT2D eigenvalue weighted by atomic mass is 16.4. The Morgan fingerprint density at radius 1 is 0.974 bits per heavy atom. The van der Waals surface area contributed by atoms with Gasteiger partial charge in [0.15, 0.2) is 5.96 Å². The number of aliphatic imine (C=N–C) groups is 1. The molecule has 0 fully saturated rings. The van der Waals surface area contributed by atoms with Gasteiger partial charge in [0, 0.05) is 31.3 Å². The molecule has 4 atom stereocenters. The van der Waals surface area contributed by atoms with Gasteiger partial charge in [-0.3, -0.25) is 24.2 Å². The van der Waals surface area contributed by atoms with Gasteiger partial charge < -0.3 is 48.3 Å². The van der Waals surface area contributed by atoms with Gasteiger partial charge in [-0.1, -0.05) is 13.8 Å². The van der Waals surface area contributed by atoms with Crippen LogP contribution in [-0.4, -0.2) is 86.5 Å². The zero-order valence-electron chi connectivity index (χ0n) is 22.1. The topological polar surface area (TPSA) is 281 Å². The number of nitrogens with two attached hydrogens (primary N) is 3. The van der Waals surface area contributed by atoms with E-state index in [1.54, 1.807) is 13.8 Å². The van der Waals surface area contributed by atoms with Crippen LogP contribution in [0.3, 0.4) is 0 Å². The predicted octanol–water partition coefficient (Wildman–Crippen LogP) is -2.22. The maximum absolute atomic E-state index is 13.1. The fraction of sp³-hybridized carbons (Fsp3) is 0.609. The van der Waals surface area contributed by atoms with Gasteiger partial charge in [-0.25, -0.2) is 9.78 Å². The molecule has 1 aromatic heterocycles. The second-order valence-electron chi connectivity index (χ2n) is 9.42. The van der Waals surface area contributed by atoms with Crippen LogP contribution in [0.15, 0.2) is 17.5 Å². The number of carboxylic acid groups (broad SMARTS) is 2. The Morgan fingerprint density at radius 3 is 2.13 bits per heavy atom. The first-order chi connectivity index (χ1) is 18.3. The molecule has 0 saturated heterocycles. The highest BCUT2D eigenvalue weighted by molar-refractivity contribution is 5.94. The summed E-state index contributed by atoms with van der Waals surface area (Å²) >= 11 is 0. The minimum Gasteiger partial charge on any atom is -0.481 e. The van der Waals surface area contributed by atoms with Crippen LogP contribution in [0.25, 0.3) is 0 Å². The molecule has 3 amide bonds. The van der Waals surface area contributed by atoms with Gasteiger partial charge in [-0.2, -0.15) is 0 Å². The summed E-state index contributed by atoms with van der Waals surface area (Å²) in [6.45, 7) is 3.77. The summed E-state index contributed by atoms with van der Waals surface area (Å²) < 4.78 is 0. The number of guanidine groups is 1. The van der Waals surface area contributed by atoms with Gasteiger partial charge in [0.1, 0.15) is 18.1 Å². The van der Waals surface area contributed by atoms with Crippen molar-refractivity contribution >= 4 is 35.6 Å². The number of H-pyrrole nitrogens is 1. The van der Waals surface area contributed by atoms with Crippen molar-refractivity contribution < 1.29 is 34.2 Å². The van der Waals surface area contributed by atoms with Crippen LogP contribution in [0.5, 0.6) is 0 Å². The maximum atomic E-state index is 13.1. The molecule has 0 aliphatic carbocycles. The van der Waals surface area contributed by atoms with Gasteiger partial charge in [-0.05, 0) is 31.6 Å². The third-order valence-electron chi connectivity index (χ3n) is 5.51. The molecule has 0 aliphatic rings. The van der Waals surface area contributed by atoms with Crippen LogP contribution >= 0.6 is 0 Å². The van der Waals surface area contributed by atoms with Crippen molar-refractivity contribution in [1.29, 1.82) is 0 Å². The van der Waals surface area contributed by atoms with Crippen LogP contribution in [-0.2, 0) is 30.4 Å². The number of nitrogens with zero attached hydrogens (tertiary/aromatic N) is 2. The number of amides is 3. The quantitative estimate of drug-likeness (QED) is 0.0533. The number of imidazole rings is 1. The number of rotatable bonds is 18. The first-order valence-electron chi connectivity index (χ1n) is 12.4. The van der Waals surface area contributed by atoms with E-state index < -0.39 is 60.2 Å². The van der Waals surface area contributed by atoms with Crippen molar-refractivity contribution in [3.8, 4) is 0 Å². The lowest BCUT2D eigenvalue weighted by Crippen LogP contribution is -2.57. The first-order valence-corrected chi connectivity index (χ1v) is 12.4. The standard InChI is InChI=1S/C23H39N9O7/c1-12(2)8-17(21(37)31-16(22(38)39)4-3-7-28-23(25)26)32-20(36)15(5-6-18(33)34)30-19(35)14(24)9-13-10-27-11-29-13/h10-12,14-17H,3-9,24H2,1-2H3,(H,27,29)(H,30,35)(H,31,37)(H,32,36)(H,33,34)(H,38,39)(H4,25,26,28). The minimum absolute atomic E-state index is 0.0334. The summed E-state index contributed by atoms with van der Waals surface area (Å²) in [7, 11) is 0. The van der Waals surface area contributed by atoms with E-state index in [1.165, 1.54) is 12.5 Å². The van der Waals surface area contributed by atoms with Gasteiger partial charge >= 0.3 is 11.9 Å². The van der Waals surface area contributed by atoms with E-state index >= 15 is 0 Å². The smallest absolute Gasteiger partial charge is 0.326 e. The molecule has 16 nitrogen and oxygen atoms in total. The fourth-order valence-electron chi connectivity index (χ4n) is 3.55. The van der Waals surface area contributed by atoms with Gasteiger partial charge in [-0.15, -0.1) is 0 Å². The molecule has 1 rings (SSSR count). The summed E-state index contributed by atoms with van der Waals surface area (Å²) in [4.78, 5) is 72.0. The third-order valence-corrected chi connectivity index (χ3v) is 5.51. The summed E-state index contributed by atoms with van der Waals surface area (Å²) in [6, 6.07) is -4.78. The number of carboxylic acids is 2. The molecule has 1 heterocycles. The average Bonchev–Trinajstić information content (AvgIpc) is 3.35. The van der Waals surface area contributed by atoms with Crippen LogP contribution in [0.2, 0.25) is 0 Å². The molecule has 218 valence electrons. The molecule has 12 N–H and O–H groups in total. The molecule has 0 saturated carbocycles. The Kier molecular flexibility index (Phi) is 14.0. The second kappa shape index (κ2) is 16.6. The molecule has 0 aliphatic heterocycles. The first kappa shape index (κ1) is 32.8. The Hall–Kier alpha value is -4.21. The normalized spacial score (nSPS) is 13.9. The predicted molar refractivity (Wildman–Crippen MR) is 140 cm³/mol. The lowest BCUT2D eigenvalue weighted by Gasteiger charge is -2.26. The number of aromatic amines is 1. The molecule has 0 aromatic carbocycles. The Labute approximate surface area is 225 Å². The van der Waals surface area contributed by atoms with E-state index in [0.29, 0.717) is 5.69 Å². The Balaban J connectivity index is 2.95. The van der Waals surface area contributed by atoms with Crippen LogP contribution < -0.4 is 33.2 Å². The van der Waals surface area contributed by atoms with Crippen molar-refractivity contribution in [1.82, 2.24) is 25.9 Å². The van der Waals surface area contributed by atoms with Gasteiger partial charge in [0.05, 0.1) is 12.4 Å². The maximum Gasteiger partial charge on any atom is 0.326 e. The van der Waals surface area contributed by atoms with E-state index in [1.807, 2.05) is 0 Å². The van der Waals surface area contributed by atoms with Crippen LogP contribution in [0.4, 0.5) is 0 Å². The van der Waals surface area contributed by atoms with Crippen molar-refractivity contribution in [3.63, 3.8) is 0 Å². The average molecular weight is 554 g/mol. The monoisotopic (exact) mass is 553 g/mol. The minimum atomic E-state index is -1.31. The lowest BCUT2D eigenvalue weighted by molar-refractivity contribution is -0.142. The highest BCUT2D eigenvalue weighted by Crippen LogP contribution is 2.09. The molecular weight excluding hydrogens is 514 g/mol. The second-order valence-corrected chi connectivity index (χ2v) is 9.42. The van der Waals surface area contributed by atoms with E-state index in [2.05, 4.69) is 30.9 Å². The lowest BCUT2D eigenvalue weighted by atomic mass is 10.0. The van der Waals surface area contributed by atoms with Gasteiger partial charge in [0.25, 0.3) is 0 Å². The number of aromatic nitrogens is 2. The molecule has 0 spiro atoms. The summed E-state index contributed by atoms with van der Waals surface area (Å²) in [5, 5.41) is 26.0. The van der Waals surface area contributed by atoms with E-state index in [4.69, 9.17) is 22.3 Å². The number of aliphatic carboxylic acids is 2. The van der Waals surface area contributed by atoms with Crippen molar-refractivity contribution in [2.24, 2.45) is 28.1 Å². The molecule has 39 heavy (non-hydrogen) atoms. The molecule has 0 radical (unpaired) electrons. The number of hydrogen-bond donors (Lipinski definition) is 9. The van der Waals surface area contributed by atoms with Crippen molar-refractivity contribution in [2.75, 3.05) is 6.54 Å².